The molecule has 5 rings (SSSR count). The van der Waals surface area contributed by atoms with E-state index in [2.05, 4.69) is 5.32 Å². The Morgan fingerprint density at radius 1 is 1.00 bits per heavy atom. The highest BCUT2D eigenvalue weighted by atomic mass is 16.6. The summed E-state index contributed by atoms with van der Waals surface area (Å²) in [6.45, 7) is 0. The number of hydrogen-bond acceptors (Lipinski definition) is 5. The molecule has 0 spiro atoms. The van der Waals surface area contributed by atoms with Crippen LogP contribution in [0.3, 0.4) is 0 Å². The molecule has 2 aliphatic rings. The topological polar surface area (TPSA) is 101 Å². The fraction of sp³-hybridized carbons (Fsp3) is 0.222. The maximum absolute atomic E-state index is 11.3. The van der Waals surface area contributed by atoms with Gasteiger partial charge in [-0.1, -0.05) is 18.2 Å². The molecule has 3 N–H and O–H groups in total. The van der Waals surface area contributed by atoms with Gasteiger partial charge in [-0.3, -0.25) is 14.7 Å². The molecule has 2 atom stereocenters. The van der Waals surface area contributed by atoms with Crippen molar-refractivity contribution in [2.45, 2.75) is 24.9 Å². The van der Waals surface area contributed by atoms with Gasteiger partial charge >= 0.3 is 0 Å². The van der Waals surface area contributed by atoms with Gasteiger partial charge in [0.15, 0.2) is 0 Å². The fourth-order valence-corrected chi connectivity index (χ4v) is 4.32. The van der Waals surface area contributed by atoms with Crippen LogP contribution in [-0.4, -0.2) is 19.7 Å². The standard InChI is InChI=1S/C18H15N3O4/c22-17-15-11-5-6-12(19-11)16(15)18(23)20(17)13-7-8-14(21(24)25)10-4-2-1-3-9(10)13/h1-4,7-8,11-12,19,22-23H,5-6H2. The van der Waals surface area contributed by atoms with E-state index < -0.39 is 4.92 Å². The van der Waals surface area contributed by atoms with Gasteiger partial charge in [-0.2, -0.15) is 0 Å². The Hall–Kier alpha value is -3.06. The van der Waals surface area contributed by atoms with Crippen molar-refractivity contribution in [1.82, 2.24) is 9.88 Å². The van der Waals surface area contributed by atoms with Gasteiger partial charge in [-0.05, 0) is 25.0 Å². The molecule has 0 saturated carbocycles. The number of nitrogens with zero attached hydrogens (tertiary/aromatic N) is 2. The lowest BCUT2D eigenvalue weighted by atomic mass is 9.95. The molecule has 2 bridgehead atoms. The van der Waals surface area contributed by atoms with E-state index in [0.717, 1.165) is 24.0 Å². The van der Waals surface area contributed by atoms with Gasteiger partial charge in [0.25, 0.3) is 5.69 Å². The predicted octanol–water partition coefficient (Wildman–Crippen LogP) is 3.43. The summed E-state index contributed by atoms with van der Waals surface area (Å²) in [7, 11) is 0. The first-order chi connectivity index (χ1) is 12.1. The Balaban J connectivity index is 1.82. The molecule has 0 amide bonds. The van der Waals surface area contributed by atoms with E-state index in [4.69, 9.17) is 0 Å². The summed E-state index contributed by atoms with van der Waals surface area (Å²) in [6, 6.07) is 10.0. The van der Waals surface area contributed by atoms with Crippen LogP contribution in [0.2, 0.25) is 0 Å². The van der Waals surface area contributed by atoms with Crippen LogP contribution in [0.5, 0.6) is 11.8 Å². The minimum atomic E-state index is -0.425. The molecule has 2 aliphatic heterocycles. The summed E-state index contributed by atoms with van der Waals surface area (Å²) in [4.78, 5) is 10.9. The van der Waals surface area contributed by atoms with Crippen LogP contribution in [-0.2, 0) is 0 Å². The number of aromatic nitrogens is 1. The Morgan fingerprint density at radius 3 is 2.20 bits per heavy atom. The highest BCUT2D eigenvalue weighted by Gasteiger charge is 2.44. The van der Waals surface area contributed by atoms with Crippen molar-refractivity contribution in [1.29, 1.82) is 0 Å². The summed E-state index contributed by atoms with van der Waals surface area (Å²) < 4.78 is 1.41. The van der Waals surface area contributed by atoms with Crippen molar-refractivity contribution in [2.24, 2.45) is 0 Å². The highest BCUT2D eigenvalue weighted by Crippen LogP contribution is 2.55. The zero-order valence-electron chi connectivity index (χ0n) is 13.1. The van der Waals surface area contributed by atoms with Crippen LogP contribution in [0.15, 0.2) is 36.4 Å². The van der Waals surface area contributed by atoms with Gasteiger partial charge in [0.1, 0.15) is 0 Å². The lowest BCUT2D eigenvalue weighted by Crippen LogP contribution is -2.08. The van der Waals surface area contributed by atoms with Crippen LogP contribution in [0.25, 0.3) is 16.5 Å². The molecule has 7 heteroatoms. The number of hydrogen-bond donors (Lipinski definition) is 3. The molecule has 126 valence electrons. The van der Waals surface area contributed by atoms with Crippen molar-refractivity contribution < 1.29 is 15.1 Å². The van der Waals surface area contributed by atoms with E-state index in [0.29, 0.717) is 16.5 Å². The van der Waals surface area contributed by atoms with E-state index in [9.17, 15) is 20.3 Å². The van der Waals surface area contributed by atoms with E-state index >= 15 is 0 Å². The smallest absolute Gasteiger partial charge is 0.277 e. The Labute approximate surface area is 142 Å². The fourth-order valence-electron chi connectivity index (χ4n) is 4.32. The second-order valence-electron chi connectivity index (χ2n) is 6.57. The van der Waals surface area contributed by atoms with E-state index in [1.807, 2.05) is 0 Å². The average molecular weight is 337 g/mol. The van der Waals surface area contributed by atoms with Gasteiger partial charge in [0.05, 0.1) is 16.0 Å². The third kappa shape index (κ3) is 1.73. The molecule has 7 nitrogen and oxygen atoms in total. The minimum absolute atomic E-state index is 0.000220. The largest absolute Gasteiger partial charge is 0.494 e. The Morgan fingerprint density at radius 2 is 1.60 bits per heavy atom. The molecular formula is C18H15N3O4. The van der Waals surface area contributed by atoms with Gasteiger partial charge in [0, 0.05) is 34.7 Å². The molecule has 0 aliphatic carbocycles. The molecule has 2 unspecified atom stereocenters. The maximum atomic E-state index is 11.3. The number of nitro benzene ring substituents is 1. The number of fused-ring (bicyclic) bond motifs is 6. The van der Waals surface area contributed by atoms with E-state index in [1.54, 1.807) is 30.3 Å². The zero-order chi connectivity index (χ0) is 17.3. The second-order valence-corrected chi connectivity index (χ2v) is 6.57. The lowest BCUT2D eigenvalue weighted by molar-refractivity contribution is -0.383. The molecule has 3 heterocycles. The minimum Gasteiger partial charge on any atom is -0.494 e. The van der Waals surface area contributed by atoms with E-state index in [1.165, 1.54) is 10.6 Å². The van der Waals surface area contributed by atoms with Gasteiger partial charge in [-0.25, -0.2) is 0 Å². The quantitative estimate of drug-likeness (QED) is 0.491. The SMILES string of the molecule is O=[N+]([O-])c1ccc(-n2c(O)c3c(c2O)C2CCC3N2)c2ccccc12. The number of aromatic hydroxyl groups is 2. The van der Waals surface area contributed by atoms with Crippen molar-refractivity contribution in [2.75, 3.05) is 0 Å². The van der Waals surface area contributed by atoms with Crippen LogP contribution in [0, 0.1) is 10.1 Å². The number of nitrogens with one attached hydrogen (secondary N) is 1. The first-order valence-corrected chi connectivity index (χ1v) is 8.17. The molecule has 1 aromatic heterocycles. The van der Waals surface area contributed by atoms with Crippen molar-refractivity contribution in [3.05, 3.63) is 57.6 Å². The molecule has 1 saturated heterocycles. The average Bonchev–Trinajstić information content (AvgIpc) is 3.28. The molecular weight excluding hydrogens is 322 g/mol. The van der Waals surface area contributed by atoms with Crippen LogP contribution in [0.1, 0.15) is 36.1 Å². The number of rotatable bonds is 2. The molecule has 1 fully saturated rings. The van der Waals surface area contributed by atoms with Crippen LogP contribution < -0.4 is 5.32 Å². The van der Waals surface area contributed by atoms with Gasteiger partial charge < -0.3 is 15.5 Å². The van der Waals surface area contributed by atoms with Crippen molar-refractivity contribution >= 4 is 16.5 Å². The van der Waals surface area contributed by atoms with Gasteiger partial charge in [-0.15, -0.1) is 0 Å². The van der Waals surface area contributed by atoms with Crippen LogP contribution in [0.4, 0.5) is 5.69 Å². The van der Waals surface area contributed by atoms with E-state index in [-0.39, 0.29) is 29.5 Å². The Kier molecular flexibility index (Phi) is 2.71. The third-order valence-corrected chi connectivity index (χ3v) is 5.35. The van der Waals surface area contributed by atoms with Gasteiger partial charge in [0.2, 0.25) is 11.8 Å². The molecule has 2 aromatic carbocycles. The normalized spacial score (nSPS) is 21.0. The first-order valence-electron chi connectivity index (χ1n) is 8.17. The van der Waals surface area contributed by atoms with Crippen molar-refractivity contribution in [3.8, 4) is 17.4 Å². The number of non-ortho nitro benzene ring substituents is 1. The third-order valence-electron chi connectivity index (χ3n) is 5.35. The summed E-state index contributed by atoms with van der Waals surface area (Å²) in [6.07, 6.45) is 1.85. The summed E-state index contributed by atoms with van der Waals surface area (Å²) >= 11 is 0. The number of nitro groups is 1. The summed E-state index contributed by atoms with van der Waals surface area (Å²) in [5.41, 5.74) is 2.03. The highest BCUT2D eigenvalue weighted by molar-refractivity contribution is 5.97. The first kappa shape index (κ1) is 14.3. The van der Waals surface area contributed by atoms with Crippen molar-refractivity contribution in [3.63, 3.8) is 0 Å². The van der Waals surface area contributed by atoms with Crippen LogP contribution >= 0.6 is 0 Å². The second kappa shape index (κ2) is 4.73. The zero-order valence-corrected chi connectivity index (χ0v) is 13.1. The molecule has 25 heavy (non-hydrogen) atoms. The Bertz CT molecular complexity index is 1020. The summed E-state index contributed by atoms with van der Waals surface area (Å²) in [5.74, 6) is 0.0115. The molecule has 0 radical (unpaired) electrons. The maximum Gasteiger partial charge on any atom is 0.277 e. The monoisotopic (exact) mass is 337 g/mol. The lowest BCUT2D eigenvalue weighted by Gasteiger charge is -2.13. The molecule has 3 aromatic rings. The number of benzene rings is 2. The predicted molar refractivity (Wildman–Crippen MR) is 91.1 cm³/mol. The summed E-state index contributed by atoms with van der Waals surface area (Å²) in [5, 5.41) is 37.3.